The fraction of sp³-hybridized carbons (Fsp3) is 0.333. The van der Waals surface area contributed by atoms with Gasteiger partial charge in [-0.15, -0.1) is 0 Å². The largest absolute Gasteiger partial charge is 0.384 e. The highest BCUT2D eigenvalue weighted by molar-refractivity contribution is 7.99. The third-order valence-corrected chi connectivity index (χ3v) is 4.00. The van der Waals surface area contributed by atoms with Crippen LogP contribution in [0.15, 0.2) is 42.5 Å². The van der Waals surface area contributed by atoms with Crippen molar-refractivity contribution in [1.82, 2.24) is 0 Å². The van der Waals surface area contributed by atoms with Crippen molar-refractivity contribution >= 4 is 22.5 Å². The molecule has 0 spiro atoms. The van der Waals surface area contributed by atoms with Crippen molar-refractivity contribution in [3.8, 4) is 0 Å². The molecule has 0 saturated carbocycles. The van der Waals surface area contributed by atoms with Crippen LogP contribution in [0.2, 0.25) is 0 Å². The third kappa shape index (κ3) is 3.25. The molecule has 0 aliphatic carbocycles. The molecule has 1 unspecified atom stereocenters. The van der Waals surface area contributed by atoms with Crippen LogP contribution < -0.4 is 5.73 Å². The van der Waals surface area contributed by atoms with E-state index in [1.807, 2.05) is 11.8 Å². The molecule has 0 aromatic heterocycles. The van der Waals surface area contributed by atoms with Crippen molar-refractivity contribution in [2.24, 2.45) is 5.73 Å². The second-order valence-corrected chi connectivity index (χ2v) is 5.39. The predicted molar refractivity (Wildman–Crippen MR) is 80.1 cm³/mol. The molecule has 0 fully saturated rings. The summed E-state index contributed by atoms with van der Waals surface area (Å²) in [4.78, 5) is 0. The van der Waals surface area contributed by atoms with E-state index in [1.165, 1.54) is 16.3 Å². The highest BCUT2D eigenvalue weighted by atomic mass is 32.2. The van der Waals surface area contributed by atoms with E-state index in [2.05, 4.69) is 42.5 Å². The molecular formula is C15H19NOS. The SMILES string of the molecule is COCCSCC(N)c1cccc2ccccc12. The van der Waals surface area contributed by atoms with Crippen LogP contribution in [0.5, 0.6) is 0 Å². The van der Waals surface area contributed by atoms with Gasteiger partial charge in [-0.1, -0.05) is 42.5 Å². The molecule has 2 nitrogen and oxygen atoms in total. The zero-order valence-electron chi connectivity index (χ0n) is 10.6. The van der Waals surface area contributed by atoms with E-state index >= 15 is 0 Å². The lowest BCUT2D eigenvalue weighted by Crippen LogP contribution is -2.14. The summed E-state index contributed by atoms with van der Waals surface area (Å²) in [5.74, 6) is 1.92. The Morgan fingerprint density at radius 1 is 1.17 bits per heavy atom. The lowest BCUT2D eigenvalue weighted by molar-refractivity contribution is 0.218. The van der Waals surface area contributed by atoms with Crippen LogP contribution >= 0.6 is 11.8 Å². The van der Waals surface area contributed by atoms with E-state index in [0.717, 1.165) is 18.1 Å². The quantitative estimate of drug-likeness (QED) is 0.811. The van der Waals surface area contributed by atoms with Crippen LogP contribution in [-0.2, 0) is 4.74 Å². The third-order valence-electron chi connectivity index (χ3n) is 2.95. The van der Waals surface area contributed by atoms with E-state index in [0.29, 0.717) is 0 Å². The van der Waals surface area contributed by atoms with E-state index in [4.69, 9.17) is 10.5 Å². The van der Waals surface area contributed by atoms with Gasteiger partial charge in [-0.05, 0) is 16.3 Å². The van der Waals surface area contributed by atoms with Gasteiger partial charge in [0.05, 0.1) is 6.61 Å². The molecular weight excluding hydrogens is 242 g/mol. The van der Waals surface area contributed by atoms with E-state index < -0.39 is 0 Å². The molecule has 0 radical (unpaired) electrons. The van der Waals surface area contributed by atoms with Crippen molar-refractivity contribution in [1.29, 1.82) is 0 Å². The zero-order valence-corrected chi connectivity index (χ0v) is 11.5. The van der Waals surface area contributed by atoms with Crippen LogP contribution in [0.25, 0.3) is 10.8 Å². The van der Waals surface area contributed by atoms with E-state index in [-0.39, 0.29) is 6.04 Å². The second kappa shape index (κ2) is 6.78. The smallest absolute Gasteiger partial charge is 0.0552 e. The van der Waals surface area contributed by atoms with Crippen molar-refractivity contribution in [2.75, 3.05) is 25.2 Å². The van der Waals surface area contributed by atoms with Gasteiger partial charge in [0, 0.05) is 24.7 Å². The van der Waals surface area contributed by atoms with Gasteiger partial charge in [0.25, 0.3) is 0 Å². The second-order valence-electron chi connectivity index (χ2n) is 4.24. The minimum atomic E-state index is 0.0814. The zero-order chi connectivity index (χ0) is 12.8. The number of hydrogen-bond acceptors (Lipinski definition) is 3. The fourth-order valence-electron chi connectivity index (χ4n) is 2.02. The summed E-state index contributed by atoms with van der Waals surface area (Å²) in [6.45, 7) is 0.785. The minimum Gasteiger partial charge on any atom is -0.384 e. The first-order valence-corrected chi connectivity index (χ1v) is 7.28. The Balaban J connectivity index is 2.10. The number of benzene rings is 2. The average Bonchev–Trinajstić information content (AvgIpc) is 2.43. The first-order chi connectivity index (χ1) is 8.83. The summed E-state index contributed by atoms with van der Waals surface area (Å²) in [5.41, 5.74) is 7.52. The molecule has 1 atom stereocenters. The van der Waals surface area contributed by atoms with E-state index in [1.54, 1.807) is 7.11 Å². The molecule has 0 aliphatic rings. The van der Waals surface area contributed by atoms with Crippen molar-refractivity contribution in [3.63, 3.8) is 0 Å². The molecule has 3 heteroatoms. The topological polar surface area (TPSA) is 35.2 Å². The van der Waals surface area contributed by atoms with E-state index in [9.17, 15) is 0 Å². The van der Waals surface area contributed by atoms with Gasteiger partial charge in [-0.3, -0.25) is 0 Å². The summed E-state index contributed by atoms with van der Waals surface area (Å²) in [7, 11) is 1.73. The molecule has 0 amide bonds. The molecule has 2 N–H and O–H groups in total. The number of methoxy groups -OCH3 is 1. The molecule has 96 valence electrons. The molecule has 18 heavy (non-hydrogen) atoms. The van der Waals surface area contributed by atoms with Crippen LogP contribution in [0, 0.1) is 0 Å². The van der Waals surface area contributed by atoms with Crippen molar-refractivity contribution < 1.29 is 4.74 Å². The summed E-state index contributed by atoms with van der Waals surface area (Å²) < 4.78 is 5.04. The normalized spacial score (nSPS) is 12.8. The Kier molecular flexibility index (Phi) is 5.05. The van der Waals surface area contributed by atoms with Gasteiger partial charge < -0.3 is 10.5 Å². The number of thioether (sulfide) groups is 1. The van der Waals surface area contributed by atoms with Crippen molar-refractivity contribution in [3.05, 3.63) is 48.0 Å². The molecule has 0 saturated heterocycles. The van der Waals surface area contributed by atoms with Gasteiger partial charge in [0.2, 0.25) is 0 Å². The minimum absolute atomic E-state index is 0.0814. The molecule has 0 heterocycles. The highest BCUT2D eigenvalue weighted by Crippen LogP contribution is 2.25. The molecule has 2 aromatic rings. The number of rotatable bonds is 6. The Labute approximate surface area is 113 Å². The maximum Gasteiger partial charge on any atom is 0.0552 e. The molecule has 2 aromatic carbocycles. The summed E-state index contributed by atoms with van der Waals surface area (Å²) >= 11 is 1.84. The Morgan fingerprint density at radius 3 is 2.78 bits per heavy atom. The maximum atomic E-state index is 6.28. The summed E-state index contributed by atoms with van der Waals surface area (Å²) in [6, 6.07) is 14.8. The molecule has 0 bridgehead atoms. The Morgan fingerprint density at radius 2 is 1.94 bits per heavy atom. The van der Waals surface area contributed by atoms with Crippen LogP contribution in [0.3, 0.4) is 0 Å². The first kappa shape index (κ1) is 13.4. The van der Waals surface area contributed by atoms with Gasteiger partial charge in [-0.2, -0.15) is 11.8 Å². The predicted octanol–water partition coefficient (Wildman–Crippen LogP) is 3.22. The number of hydrogen-bond donors (Lipinski definition) is 1. The van der Waals surface area contributed by atoms with Crippen molar-refractivity contribution in [2.45, 2.75) is 6.04 Å². The number of nitrogens with two attached hydrogens (primary N) is 1. The van der Waals surface area contributed by atoms with Gasteiger partial charge >= 0.3 is 0 Å². The maximum absolute atomic E-state index is 6.28. The molecule has 0 aliphatic heterocycles. The van der Waals surface area contributed by atoms with Crippen LogP contribution in [0.1, 0.15) is 11.6 Å². The summed E-state index contributed by atoms with van der Waals surface area (Å²) in [6.07, 6.45) is 0. The van der Waals surface area contributed by atoms with Crippen LogP contribution in [0.4, 0.5) is 0 Å². The number of fused-ring (bicyclic) bond motifs is 1. The molecule has 2 rings (SSSR count). The Bertz CT molecular complexity index is 495. The lowest BCUT2D eigenvalue weighted by atomic mass is 10.0. The van der Waals surface area contributed by atoms with Gasteiger partial charge in [-0.25, -0.2) is 0 Å². The first-order valence-electron chi connectivity index (χ1n) is 6.13. The number of ether oxygens (including phenoxy) is 1. The monoisotopic (exact) mass is 261 g/mol. The lowest BCUT2D eigenvalue weighted by Gasteiger charge is -2.14. The highest BCUT2D eigenvalue weighted by Gasteiger charge is 2.09. The Hall–Kier alpha value is -1.03. The summed E-state index contributed by atoms with van der Waals surface area (Å²) in [5, 5.41) is 2.52. The average molecular weight is 261 g/mol. The van der Waals surface area contributed by atoms with Gasteiger partial charge in [0.1, 0.15) is 0 Å². The van der Waals surface area contributed by atoms with Crippen LogP contribution in [-0.4, -0.2) is 25.2 Å². The standard InChI is InChI=1S/C15H19NOS/c1-17-9-10-18-11-15(16)14-8-4-6-12-5-2-3-7-13(12)14/h2-8,15H,9-11,16H2,1H3. The fourth-order valence-corrected chi connectivity index (χ4v) is 2.90. The van der Waals surface area contributed by atoms with Gasteiger partial charge in [0.15, 0.2) is 0 Å².